The molecule has 0 N–H and O–H groups in total. The number of hydrogen-bond donors (Lipinski definition) is 0. The van der Waals surface area contributed by atoms with Crippen LogP contribution in [-0.4, -0.2) is 17.6 Å². The smallest absolute Gasteiger partial charge is 0.419 e. The van der Waals surface area contributed by atoms with Crippen LogP contribution in [0.25, 0.3) is 11.1 Å². The van der Waals surface area contributed by atoms with Gasteiger partial charge in [0.1, 0.15) is 0 Å². The van der Waals surface area contributed by atoms with Gasteiger partial charge in [-0.05, 0) is 30.0 Å². The van der Waals surface area contributed by atoms with E-state index in [0.717, 1.165) is 17.5 Å². The zero-order valence-corrected chi connectivity index (χ0v) is 11.1. The van der Waals surface area contributed by atoms with Gasteiger partial charge >= 0.3 is 11.7 Å². The van der Waals surface area contributed by atoms with E-state index in [0.29, 0.717) is 5.58 Å². The molecule has 2 aromatic rings. The van der Waals surface area contributed by atoms with Crippen LogP contribution in [0.4, 0.5) is 0 Å². The van der Waals surface area contributed by atoms with E-state index < -0.39 is 11.2 Å². The van der Waals surface area contributed by atoms with Crippen LogP contribution in [-0.2, 0) is 22.0 Å². The number of carbonyl (C=O) groups is 1. The summed E-state index contributed by atoms with van der Waals surface area (Å²) < 4.78 is 11.5. The number of oxazole rings is 1. The fraction of sp³-hybridized carbons (Fsp3) is 0.429. The molecule has 2 atom stereocenters. The standard InChI is InChI=1S/C14H15NO4/c1-8-7-14(8,12(16)18-3)9-4-5-10-11(6-9)19-13(17)15(10)2/h4-6,8H,7H2,1-3H3. The molecule has 1 aromatic carbocycles. The molecule has 0 spiro atoms. The quantitative estimate of drug-likeness (QED) is 0.770. The molecule has 0 bridgehead atoms. The minimum Gasteiger partial charge on any atom is -0.468 e. The average molecular weight is 261 g/mol. The highest BCUT2D eigenvalue weighted by Crippen LogP contribution is 2.55. The third-order valence-corrected chi connectivity index (χ3v) is 4.17. The minimum atomic E-state index is -0.572. The molecule has 5 nitrogen and oxygen atoms in total. The molecule has 1 aliphatic carbocycles. The molecule has 19 heavy (non-hydrogen) atoms. The summed E-state index contributed by atoms with van der Waals surface area (Å²) in [5.74, 6) is -0.381. The van der Waals surface area contributed by atoms with Crippen molar-refractivity contribution in [2.45, 2.75) is 18.8 Å². The largest absolute Gasteiger partial charge is 0.468 e. The fourth-order valence-corrected chi connectivity index (χ4v) is 2.82. The van der Waals surface area contributed by atoms with Crippen LogP contribution in [0.5, 0.6) is 0 Å². The van der Waals surface area contributed by atoms with E-state index in [4.69, 9.17) is 9.15 Å². The predicted molar refractivity (Wildman–Crippen MR) is 68.9 cm³/mol. The minimum absolute atomic E-state index is 0.224. The van der Waals surface area contributed by atoms with E-state index >= 15 is 0 Å². The lowest BCUT2D eigenvalue weighted by atomic mass is 9.93. The zero-order valence-electron chi connectivity index (χ0n) is 11.1. The van der Waals surface area contributed by atoms with Gasteiger partial charge in [0.2, 0.25) is 0 Å². The van der Waals surface area contributed by atoms with Gasteiger partial charge in [-0.25, -0.2) is 4.79 Å². The van der Waals surface area contributed by atoms with Crippen LogP contribution >= 0.6 is 0 Å². The number of methoxy groups -OCH3 is 1. The van der Waals surface area contributed by atoms with E-state index in [1.807, 2.05) is 19.1 Å². The first-order chi connectivity index (χ1) is 9.00. The molecule has 1 saturated carbocycles. The van der Waals surface area contributed by atoms with Gasteiger partial charge in [0.25, 0.3) is 0 Å². The van der Waals surface area contributed by atoms with Crippen molar-refractivity contribution in [1.82, 2.24) is 4.57 Å². The van der Waals surface area contributed by atoms with Crippen LogP contribution < -0.4 is 5.76 Å². The molecule has 1 heterocycles. The molecule has 0 aliphatic heterocycles. The predicted octanol–water partition coefficient (Wildman–Crippen LogP) is 1.58. The van der Waals surface area contributed by atoms with Crippen molar-refractivity contribution in [3.8, 4) is 0 Å². The maximum absolute atomic E-state index is 12.0. The Morgan fingerprint density at radius 3 is 2.79 bits per heavy atom. The molecule has 0 saturated heterocycles. The molecule has 0 amide bonds. The molecule has 2 unspecified atom stereocenters. The summed E-state index contributed by atoms with van der Waals surface area (Å²) in [5.41, 5.74) is 1.51. The summed E-state index contributed by atoms with van der Waals surface area (Å²) >= 11 is 0. The Morgan fingerprint density at radius 2 is 2.21 bits per heavy atom. The van der Waals surface area contributed by atoms with Gasteiger partial charge in [-0.1, -0.05) is 13.0 Å². The van der Waals surface area contributed by atoms with Crippen molar-refractivity contribution < 1.29 is 13.9 Å². The lowest BCUT2D eigenvalue weighted by Gasteiger charge is -2.14. The highest BCUT2D eigenvalue weighted by atomic mass is 16.5. The summed E-state index contributed by atoms with van der Waals surface area (Å²) in [6.45, 7) is 2.02. The maximum atomic E-state index is 12.0. The van der Waals surface area contributed by atoms with Crippen LogP contribution in [0.1, 0.15) is 18.9 Å². The van der Waals surface area contributed by atoms with Crippen molar-refractivity contribution in [1.29, 1.82) is 0 Å². The number of benzene rings is 1. The second-order valence-electron chi connectivity index (χ2n) is 5.18. The number of hydrogen-bond acceptors (Lipinski definition) is 4. The summed E-state index contributed by atoms with van der Waals surface area (Å²) in [4.78, 5) is 23.5. The maximum Gasteiger partial charge on any atom is 0.419 e. The number of rotatable bonds is 2. The normalized spacial score (nSPS) is 25.5. The van der Waals surface area contributed by atoms with Crippen LogP contribution in [0.2, 0.25) is 0 Å². The average Bonchev–Trinajstić information content (AvgIpc) is 3.01. The Labute approximate surface area is 109 Å². The van der Waals surface area contributed by atoms with Gasteiger partial charge in [-0.2, -0.15) is 0 Å². The lowest BCUT2D eigenvalue weighted by molar-refractivity contribution is -0.144. The first-order valence-electron chi connectivity index (χ1n) is 6.19. The number of aromatic nitrogens is 1. The fourth-order valence-electron chi connectivity index (χ4n) is 2.82. The molecule has 1 aliphatic rings. The number of nitrogens with zero attached hydrogens (tertiary/aromatic N) is 1. The van der Waals surface area contributed by atoms with E-state index in [2.05, 4.69) is 0 Å². The van der Waals surface area contributed by atoms with Gasteiger partial charge in [-0.15, -0.1) is 0 Å². The van der Waals surface area contributed by atoms with Crippen molar-refractivity contribution in [2.24, 2.45) is 13.0 Å². The van der Waals surface area contributed by atoms with E-state index in [1.165, 1.54) is 11.7 Å². The van der Waals surface area contributed by atoms with Gasteiger partial charge in [0, 0.05) is 7.05 Å². The third-order valence-electron chi connectivity index (χ3n) is 4.17. The highest BCUT2D eigenvalue weighted by Gasteiger charge is 2.59. The summed E-state index contributed by atoms with van der Waals surface area (Å²) in [6, 6.07) is 5.46. The summed E-state index contributed by atoms with van der Waals surface area (Å²) in [5, 5.41) is 0. The molecular weight excluding hydrogens is 246 g/mol. The number of ether oxygens (including phenoxy) is 1. The summed E-state index contributed by atoms with van der Waals surface area (Å²) in [6.07, 6.45) is 0.766. The van der Waals surface area contributed by atoms with Crippen molar-refractivity contribution in [3.63, 3.8) is 0 Å². The number of fused-ring (bicyclic) bond motifs is 1. The number of aryl methyl sites for hydroxylation is 1. The van der Waals surface area contributed by atoms with Gasteiger partial charge in [0.15, 0.2) is 5.58 Å². The van der Waals surface area contributed by atoms with Crippen molar-refractivity contribution in [2.75, 3.05) is 7.11 Å². The molecular formula is C14H15NO4. The van der Waals surface area contributed by atoms with Crippen LogP contribution in [0, 0.1) is 5.92 Å². The van der Waals surface area contributed by atoms with E-state index in [9.17, 15) is 9.59 Å². The Balaban J connectivity index is 2.16. The Bertz CT molecular complexity index is 727. The molecule has 1 fully saturated rings. The topological polar surface area (TPSA) is 61.4 Å². The van der Waals surface area contributed by atoms with E-state index in [1.54, 1.807) is 13.1 Å². The lowest BCUT2D eigenvalue weighted by Crippen LogP contribution is -2.24. The number of carbonyl (C=O) groups excluding carboxylic acids is 1. The number of esters is 1. The van der Waals surface area contributed by atoms with Crippen LogP contribution in [0.15, 0.2) is 27.4 Å². The third kappa shape index (κ3) is 1.47. The van der Waals surface area contributed by atoms with Gasteiger partial charge in [-0.3, -0.25) is 9.36 Å². The molecule has 1 aromatic heterocycles. The van der Waals surface area contributed by atoms with E-state index in [-0.39, 0.29) is 11.9 Å². The SMILES string of the molecule is COC(=O)C1(c2ccc3c(c2)oc(=O)n3C)CC1C. The summed E-state index contributed by atoms with van der Waals surface area (Å²) in [7, 11) is 3.06. The molecule has 0 radical (unpaired) electrons. The first kappa shape index (κ1) is 12.0. The molecule has 3 rings (SSSR count). The van der Waals surface area contributed by atoms with Crippen LogP contribution in [0.3, 0.4) is 0 Å². The zero-order chi connectivity index (χ0) is 13.8. The second-order valence-corrected chi connectivity index (χ2v) is 5.18. The van der Waals surface area contributed by atoms with Gasteiger partial charge in [0.05, 0.1) is 18.0 Å². The monoisotopic (exact) mass is 261 g/mol. The first-order valence-corrected chi connectivity index (χ1v) is 6.19. The molecule has 100 valence electrons. The highest BCUT2D eigenvalue weighted by molar-refractivity contribution is 5.89. The van der Waals surface area contributed by atoms with Gasteiger partial charge < -0.3 is 9.15 Å². The van der Waals surface area contributed by atoms with Crippen molar-refractivity contribution >= 4 is 17.1 Å². The molecule has 5 heteroatoms. The Morgan fingerprint density at radius 1 is 1.53 bits per heavy atom. The Hall–Kier alpha value is -2.04. The second kappa shape index (κ2) is 3.73. The Kier molecular flexibility index (Phi) is 2.36. The van der Waals surface area contributed by atoms with Crippen molar-refractivity contribution in [3.05, 3.63) is 34.3 Å².